The molecular weight excluding hydrogens is 242 g/mol. The largest absolute Gasteiger partial charge is 0.447 e. The average molecular weight is 253 g/mol. The number of hydrogen-bond acceptors (Lipinski definition) is 4. The van der Waals surface area contributed by atoms with Crippen LogP contribution in [0.4, 0.5) is 4.79 Å². The predicted octanol–water partition coefficient (Wildman–Crippen LogP) is 1.47. The lowest BCUT2D eigenvalue weighted by atomic mass is 10.2. The molecule has 1 heterocycles. The molecule has 1 aliphatic heterocycles. The fourth-order valence-corrected chi connectivity index (χ4v) is 2.80. The Kier molecular flexibility index (Phi) is 2.89. The number of amides is 1. The molecule has 0 aromatic heterocycles. The third kappa shape index (κ3) is 2.03. The van der Waals surface area contributed by atoms with E-state index in [4.69, 9.17) is 0 Å². The van der Waals surface area contributed by atoms with Crippen molar-refractivity contribution in [3.8, 4) is 0 Å². The summed E-state index contributed by atoms with van der Waals surface area (Å²) in [6.07, 6.45) is 0.790. The topological polar surface area (TPSA) is 63.7 Å². The van der Waals surface area contributed by atoms with Gasteiger partial charge in [0, 0.05) is 0 Å². The SMILES string of the molecule is C=Cc1ccc(S(=O)(=O)N2CCOC2=O)cc1. The molecule has 0 bridgehead atoms. The second kappa shape index (κ2) is 4.21. The number of hydrogen-bond donors (Lipinski definition) is 0. The first-order valence-corrected chi connectivity index (χ1v) is 6.42. The molecule has 5 nitrogen and oxygen atoms in total. The van der Waals surface area contributed by atoms with Crippen LogP contribution in [0.5, 0.6) is 0 Å². The first kappa shape index (κ1) is 11.7. The van der Waals surface area contributed by atoms with Gasteiger partial charge in [-0.2, -0.15) is 4.31 Å². The van der Waals surface area contributed by atoms with E-state index in [9.17, 15) is 13.2 Å². The summed E-state index contributed by atoms with van der Waals surface area (Å²) in [5.41, 5.74) is 0.813. The van der Waals surface area contributed by atoms with Crippen molar-refractivity contribution in [3.05, 3.63) is 36.4 Å². The molecule has 1 aliphatic rings. The van der Waals surface area contributed by atoms with Gasteiger partial charge in [0.05, 0.1) is 11.4 Å². The highest BCUT2D eigenvalue weighted by Crippen LogP contribution is 2.19. The Bertz CT molecular complexity index is 547. The molecule has 0 N–H and O–H groups in total. The van der Waals surface area contributed by atoms with Crippen LogP contribution >= 0.6 is 0 Å². The molecule has 1 aromatic rings. The Morgan fingerprint density at radius 2 is 1.94 bits per heavy atom. The molecule has 0 atom stereocenters. The zero-order valence-electron chi connectivity index (χ0n) is 9.00. The van der Waals surface area contributed by atoms with Crippen molar-refractivity contribution in [3.63, 3.8) is 0 Å². The van der Waals surface area contributed by atoms with Crippen molar-refractivity contribution in [2.45, 2.75) is 4.90 Å². The first-order valence-electron chi connectivity index (χ1n) is 4.98. The van der Waals surface area contributed by atoms with E-state index >= 15 is 0 Å². The summed E-state index contributed by atoms with van der Waals surface area (Å²) in [4.78, 5) is 11.3. The molecule has 90 valence electrons. The molecular formula is C11H11NO4S. The number of ether oxygens (including phenoxy) is 1. The molecule has 17 heavy (non-hydrogen) atoms. The van der Waals surface area contributed by atoms with Crippen LogP contribution in [0.1, 0.15) is 5.56 Å². The highest BCUT2D eigenvalue weighted by Gasteiger charge is 2.34. The predicted molar refractivity (Wildman–Crippen MR) is 61.8 cm³/mol. The molecule has 1 fully saturated rings. The monoisotopic (exact) mass is 253 g/mol. The van der Waals surface area contributed by atoms with Crippen LogP contribution in [0.15, 0.2) is 35.7 Å². The minimum Gasteiger partial charge on any atom is -0.447 e. The van der Waals surface area contributed by atoms with E-state index in [0.29, 0.717) is 0 Å². The lowest BCUT2D eigenvalue weighted by Crippen LogP contribution is -2.31. The molecule has 1 amide bonds. The van der Waals surface area contributed by atoms with Crippen molar-refractivity contribution in [2.24, 2.45) is 0 Å². The van der Waals surface area contributed by atoms with Gasteiger partial charge in [-0.25, -0.2) is 13.2 Å². The van der Waals surface area contributed by atoms with Gasteiger partial charge in [0.2, 0.25) is 0 Å². The molecule has 0 unspecified atom stereocenters. The van der Waals surface area contributed by atoms with E-state index in [1.54, 1.807) is 18.2 Å². The summed E-state index contributed by atoms with van der Waals surface area (Å²) in [5.74, 6) is 0. The normalized spacial score (nSPS) is 15.8. The Labute approximate surface area is 99.4 Å². The van der Waals surface area contributed by atoms with Crippen molar-refractivity contribution >= 4 is 22.2 Å². The number of benzene rings is 1. The third-order valence-corrected chi connectivity index (χ3v) is 4.21. The summed E-state index contributed by atoms with van der Waals surface area (Å²) in [5, 5.41) is 0. The minimum atomic E-state index is -3.79. The van der Waals surface area contributed by atoms with Crippen LogP contribution in [-0.2, 0) is 14.8 Å². The van der Waals surface area contributed by atoms with Gasteiger partial charge in [-0.3, -0.25) is 0 Å². The van der Waals surface area contributed by atoms with E-state index in [1.165, 1.54) is 12.1 Å². The number of rotatable bonds is 3. The van der Waals surface area contributed by atoms with E-state index in [0.717, 1.165) is 9.87 Å². The third-order valence-electron chi connectivity index (χ3n) is 2.43. The summed E-state index contributed by atoms with van der Waals surface area (Å²) in [7, 11) is -3.79. The molecule has 2 rings (SSSR count). The number of nitrogens with zero attached hydrogens (tertiary/aromatic N) is 1. The van der Waals surface area contributed by atoms with Gasteiger partial charge in [0.1, 0.15) is 6.61 Å². The number of carbonyl (C=O) groups excluding carboxylic acids is 1. The van der Waals surface area contributed by atoms with E-state index in [2.05, 4.69) is 11.3 Å². The molecule has 0 spiro atoms. The van der Waals surface area contributed by atoms with Gasteiger partial charge < -0.3 is 4.74 Å². The first-order chi connectivity index (χ1) is 8.05. The fraction of sp³-hybridized carbons (Fsp3) is 0.182. The summed E-state index contributed by atoms with van der Waals surface area (Å²) in [6, 6.07) is 6.14. The fourth-order valence-electron chi connectivity index (χ4n) is 1.50. The van der Waals surface area contributed by atoms with Crippen molar-refractivity contribution in [2.75, 3.05) is 13.2 Å². The number of carbonyl (C=O) groups is 1. The Morgan fingerprint density at radius 1 is 1.29 bits per heavy atom. The number of cyclic esters (lactones) is 1. The van der Waals surface area contributed by atoms with Gasteiger partial charge in [0.25, 0.3) is 10.0 Å². The zero-order chi connectivity index (χ0) is 12.5. The van der Waals surface area contributed by atoms with E-state index < -0.39 is 16.1 Å². The number of sulfonamides is 1. The lowest BCUT2D eigenvalue weighted by molar-refractivity contribution is 0.170. The molecule has 0 radical (unpaired) electrons. The maximum Gasteiger partial charge on any atom is 0.424 e. The van der Waals surface area contributed by atoms with Crippen LogP contribution in [-0.4, -0.2) is 32.0 Å². The molecule has 1 saturated heterocycles. The minimum absolute atomic E-state index is 0.0599. The van der Waals surface area contributed by atoms with Gasteiger partial charge in [-0.1, -0.05) is 24.8 Å². The maximum absolute atomic E-state index is 12.0. The van der Waals surface area contributed by atoms with Crippen molar-refractivity contribution in [1.29, 1.82) is 0 Å². The highest BCUT2D eigenvalue weighted by atomic mass is 32.2. The van der Waals surface area contributed by atoms with Crippen molar-refractivity contribution in [1.82, 2.24) is 4.31 Å². The Morgan fingerprint density at radius 3 is 2.41 bits per heavy atom. The highest BCUT2D eigenvalue weighted by molar-refractivity contribution is 7.89. The Balaban J connectivity index is 2.37. The quantitative estimate of drug-likeness (QED) is 0.818. The van der Waals surface area contributed by atoms with Crippen LogP contribution in [0.2, 0.25) is 0 Å². The summed E-state index contributed by atoms with van der Waals surface area (Å²) >= 11 is 0. The molecule has 1 aromatic carbocycles. The van der Waals surface area contributed by atoms with Gasteiger partial charge >= 0.3 is 6.09 Å². The zero-order valence-corrected chi connectivity index (χ0v) is 9.81. The Hall–Kier alpha value is -1.82. The van der Waals surface area contributed by atoms with E-state index in [1.807, 2.05) is 0 Å². The molecule has 6 heteroatoms. The van der Waals surface area contributed by atoms with Crippen LogP contribution < -0.4 is 0 Å². The molecule has 0 saturated carbocycles. The molecule has 0 aliphatic carbocycles. The van der Waals surface area contributed by atoms with Crippen molar-refractivity contribution < 1.29 is 17.9 Å². The van der Waals surface area contributed by atoms with Crippen LogP contribution in [0, 0.1) is 0 Å². The second-order valence-corrected chi connectivity index (χ2v) is 5.33. The van der Waals surface area contributed by atoms with Gasteiger partial charge in [-0.15, -0.1) is 0 Å². The lowest BCUT2D eigenvalue weighted by Gasteiger charge is -2.13. The van der Waals surface area contributed by atoms with Gasteiger partial charge in [-0.05, 0) is 17.7 Å². The van der Waals surface area contributed by atoms with Crippen LogP contribution in [0.3, 0.4) is 0 Å². The van der Waals surface area contributed by atoms with Crippen LogP contribution in [0.25, 0.3) is 6.08 Å². The maximum atomic E-state index is 12.0. The second-order valence-electron chi connectivity index (χ2n) is 3.46. The standard InChI is InChI=1S/C11H11NO4S/c1-2-9-3-5-10(6-4-9)17(14,15)12-7-8-16-11(12)13/h2-6H,1,7-8H2. The van der Waals surface area contributed by atoms with Gasteiger partial charge in [0.15, 0.2) is 0 Å². The smallest absolute Gasteiger partial charge is 0.424 e. The average Bonchev–Trinajstić information content (AvgIpc) is 2.76. The summed E-state index contributed by atoms with van der Waals surface area (Å²) in [6.45, 7) is 3.74. The summed E-state index contributed by atoms with van der Waals surface area (Å²) < 4.78 is 29.4. The van der Waals surface area contributed by atoms with E-state index in [-0.39, 0.29) is 18.0 Å².